The lowest BCUT2D eigenvalue weighted by atomic mass is 9.88. The molecule has 38 heavy (non-hydrogen) atoms. The third kappa shape index (κ3) is 7.06. The fraction of sp³-hybridized carbons (Fsp3) is 0.567. The zero-order valence-corrected chi connectivity index (χ0v) is 24.1. The van der Waals surface area contributed by atoms with Crippen LogP contribution in [0.4, 0.5) is 0 Å². The molecule has 2 aromatic carbocycles. The van der Waals surface area contributed by atoms with Gasteiger partial charge in [-0.15, -0.1) is 12.4 Å². The number of halogens is 1. The third-order valence-electron chi connectivity index (χ3n) is 7.08. The van der Waals surface area contributed by atoms with E-state index < -0.39 is 0 Å². The molecule has 7 nitrogen and oxygen atoms in total. The number of nitrogens with zero attached hydrogens (tertiary/aromatic N) is 2. The summed E-state index contributed by atoms with van der Waals surface area (Å²) in [6, 6.07) is 10.2. The van der Waals surface area contributed by atoms with E-state index >= 15 is 0 Å². The van der Waals surface area contributed by atoms with Crippen LogP contribution in [0.5, 0.6) is 23.0 Å². The van der Waals surface area contributed by atoms with Gasteiger partial charge in [0.15, 0.2) is 23.0 Å². The molecule has 2 aromatic rings. The van der Waals surface area contributed by atoms with Crippen LogP contribution in [0, 0.1) is 0 Å². The molecule has 8 heteroatoms. The van der Waals surface area contributed by atoms with Crippen LogP contribution >= 0.6 is 12.4 Å². The van der Waals surface area contributed by atoms with Gasteiger partial charge < -0.3 is 23.8 Å². The second-order valence-corrected chi connectivity index (χ2v) is 9.55. The second-order valence-electron chi connectivity index (χ2n) is 9.55. The second kappa shape index (κ2) is 14.5. The van der Waals surface area contributed by atoms with E-state index in [-0.39, 0.29) is 24.4 Å². The number of hydrogen-bond donors (Lipinski definition) is 0. The van der Waals surface area contributed by atoms with Crippen LogP contribution in [-0.2, 0) is 17.6 Å². The largest absolute Gasteiger partial charge is 0.490 e. The number of benzene rings is 2. The van der Waals surface area contributed by atoms with Crippen molar-refractivity contribution >= 4 is 18.3 Å². The fourth-order valence-corrected chi connectivity index (χ4v) is 5.43. The first kappa shape index (κ1) is 29.9. The van der Waals surface area contributed by atoms with E-state index in [1.165, 1.54) is 18.4 Å². The topological polar surface area (TPSA) is 60.5 Å². The van der Waals surface area contributed by atoms with Crippen LogP contribution in [0.25, 0.3) is 0 Å². The molecule has 2 aliphatic rings. The number of amides is 1. The Morgan fingerprint density at radius 3 is 2.00 bits per heavy atom. The molecule has 0 aliphatic carbocycles. The van der Waals surface area contributed by atoms with Crippen LogP contribution in [0.2, 0.25) is 0 Å². The smallest absolute Gasteiger partial charge is 0.237 e. The average Bonchev–Trinajstić information content (AvgIpc) is 3.40. The Kier molecular flexibility index (Phi) is 11.4. The number of carbonyl (C=O) groups is 1. The van der Waals surface area contributed by atoms with Gasteiger partial charge in [0.2, 0.25) is 5.91 Å². The monoisotopic (exact) mass is 546 g/mol. The molecule has 1 fully saturated rings. The maximum atomic E-state index is 13.6. The number of fused-ring (bicyclic) bond motifs is 1. The van der Waals surface area contributed by atoms with Gasteiger partial charge in [0.1, 0.15) is 0 Å². The van der Waals surface area contributed by atoms with Gasteiger partial charge in [-0.1, -0.05) is 6.07 Å². The Labute approximate surface area is 233 Å². The van der Waals surface area contributed by atoms with Gasteiger partial charge in [0.05, 0.1) is 39.0 Å². The van der Waals surface area contributed by atoms with Crippen LogP contribution in [-0.4, -0.2) is 68.3 Å². The zero-order valence-electron chi connectivity index (χ0n) is 23.3. The highest BCUT2D eigenvalue weighted by Crippen LogP contribution is 2.41. The standard InChI is InChI=1S/C30H42N2O5.ClH/c1-5-34-26-12-11-22(18-27(26)35-6-2)17-25-24-20-29(37-8-4)28(36-7-3)19-23(24)13-16-32(25)30(33)21-31-14-9-10-15-31;/h11-12,18-20,25H,5-10,13-17,21H2,1-4H3;1H. The third-order valence-corrected chi connectivity index (χ3v) is 7.08. The number of rotatable bonds is 12. The first-order valence-corrected chi connectivity index (χ1v) is 13.9. The van der Waals surface area contributed by atoms with Crippen molar-refractivity contribution in [3.05, 3.63) is 47.0 Å². The van der Waals surface area contributed by atoms with Crippen molar-refractivity contribution in [1.82, 2.24) is 9.80 Å². The quantitative estimate of drug-likeness (QED) is 0.352. The maximum absolute atomic E-state index is 13.6. The van der Waals surface area contributed by atoms with Crippen molar-refractivity contribution in [1.29, 1.82) is 0 Å². The lowest BCUT2D eigenvalue weighted by Gasteiger charge is -2.39. The van der Waals surface area contributed by atoms with E-state index in [9.17, 15) is 4.79 Å². The van der Waals surface area contributed by atoms with E-state index in [2.05, 4.69) is 34.1 Å². The minimum absolute atomic E-state index is 0. The molecule has 4 rings (SSSR count). The summed E-state index contributed by atoms with van der Waals surface area (Å²) in [7, 11) is 0. The van der Waals surface area contributed by atoms with E-state index in [1.54, 1.807) is 0 Å². The molecule has 2 heterocycles. The molecule has 1 saturated heterocycles. The van der Waals surface area contributed by atoms with Crippen LogP contribution in [0.1, 0.15) is 63.3 Å². The summed E-state index contributed by atoms with van der Waals surface area (Å²) in [6.07, 6.45) is 3.83. The first-order chi connectivity index (χ1) is 18.1. The highest BCUT2D eigenvalue weighted by Gasteiger charge is 2.33. The Balaban J connectivity index is 0.00000400. The molecule has 0 saturated carbocycles. The number of ether oxygens (including phenoxy) is 4. The highest BCUT2D eigenvalue weighted by atomic mass is 35.5. The van der Waals surface area contributed by atoms with Crippen LogP contribution in [0.15, 0.2) is 30.3 Å². The highest BCUT2D eigenvalue weighted by molar-refractivity contribution is 5.85. The van der Waals surface area contributed by atoms with Crippen molar-refractivity contribution in [3.8, 4) is 23.0 Å². The molecule has 0 aromatic heterocycles. The Morgan fingerprint density at radius 1 is 0.789 bits per heavy atom. The number of carbonyl (C=O) groups excluding carboxylic acids is 1. The Bertz CT molecular complexity index is 1060. The molecule has 0 spiro atoms. The summed E-state index contributed by atoms with van der Waals surface area (Å²) in [4.78, 5) is 18.0. The fourth-order valence-electron chi connectivity index (χ4n) is 5.43. The average molecular weight is 547 g/mol. The van der Waals surface area contributed by atoms with Gasteiger partial charge in [0, 0.05) is 6.54 Å². The SMILES string of the molecule is CCOc1ccc(CC2c3cc(OCC)c(OCC)cc3CCN2C(=O)CN2CCCC2)cc1OCC.Cl. The molecule has 0 bridgehead atoms. The van der Waals surface area contributed by atoms with Gasteiger partial charge in [-0.25, -0.2) is 0 Å². The molecule has 210 valence electrons. The van der Waals surface area contributed by atoms with Crippen molar-refractivity contribution in [2.24, 2.45) is 0 Å². The lowest BCUT2D eigenvalue weighted by Crippen LogP contribution is -2.45. The normalized spacial score (nSPS) is 16.9. The van der Waals surface area contributed by atoms with Crippen molar-refractivity contribution in [3.63, 3.8) is 0 Å². The van der Waals surface area contributed by atoms with Gasteiger partial charge in [-0.05, 0) is 107 Å². The molecule has 0 N–H and O–H groups in total. The summed E-state index contributed by atoms with van der Waals surface area (Å²) in [5, 5.41) is 0. The first-order valence-electron chi connectivity index (χ1n) is 13.9. The molecule has 1 amide bonds. The van der Waals surface area contributed by atoms with Crippen molar-refractivity contribution in [2.45, 2.75) is 59.4 Å². The predicted molar refractivity (Wildman–Crippen MR) is 152 cm³/mol. The van der Waals surface area contributed by atoms with E-state index in [0.29, 0.717) is 45.9 Å². The minimum Gasteiger partial charge on any atom is -0.490 e. The van der Waals surface area contributed by atoms with E-state index in [1.807, 2.05) is 33.8 Å². The number of likely N-dealkylation sites (tertiary alicyclic amines) is 1. The molecular weight excluding hydrogens is 504 g/mol. The van der Waals surface area contributed by atoms with Gasteiger partial charge in [-0.2, -0.15) is 0 Å². The molecule has 1 unspecified atom stereocenters. The van der Waals surface area contributed by atoms with Gasteiger partial charge in [0.25, 0.3) is 0 Å². The van der Waals surface area contributed by atoms with Crippen molar-refractivity contribution in [2.75, 3.05) is 52.6 Å². The summed E-state index contributed by atoms with van der Waals surface area (Å²) in [5.41, 5.74) is 3.47. The predicted octanol–water partition coefficient (Wildman–Crippen LogP) is 5.47. The van der Waals surface area contributed by atoms with Gasteiger partial charge >= 0.3 is 0 Å². The molecule has 0 radical (unpaired) electrons. The summed E-state index contributed by atoms with van der Waals surface area (Å²) >= 11 is 0. The van der Waals surface area contributed by atoms with E-state index in [4.69, 9.17) is 18.9 Å². The Hall–Kier alpha value is -2.64. The maximum Gasteiger partial charge on any atom is 0.237 e. The lowest BCUT2D eigenvalue weighted by molar-refractivity contribution is -0.135. The van der Waals surface area contributed by atoms with E-state index in [0.717, 1.165) is 53.6 Å². The summed E-state index contributed by atoms with van der Waals surface area (Å²) < 4.78 is 23.6. The molecule has 1 atom stereocenters. The molecular formula is C30H43ClN2O5. The summed E-state index contributed by atoms with van der Waals surface area (Å²) in [5.74, 6) is 3.20. The Morgan fingerprint density at radius 2 is 1.37 bits per heavy atom. The van der Waals surface area contributed by atoms with Crippen LogP contribution < -0.4 is 18.9 Å². The summed E-state index contributed by atoms with van der Waals surface area (Å²) in [6.45, 7) is 13.4. The van der Waals surface area contributed by atoms with Gasteiger partial charge in [-0.3, -0.25) is 9.69 Å². The van der Waals surface area contributed by atoms with Crippen LogP contribution in [0.3, 0.4) is 0 Å². The van der Waals surface area contributed by atoms with Crippen molar-refractivity contribution < 1.29 is 23.7 Å². The minimum atomic E-state index is -0.0962. The molecule has 2 aliphatic heterocycles. The number of hydrogen-bond acceptors (Lipinski definition) is 6. The zero-order chi connectivity index (χ0) is 26.2.